The molecule has 0 radical (unpaired) electrons. The van der Waals surface area contributed by atoms with Crippen molar-refractivity contribution < 1.29 is 0 Å². The molecule has 3 N–H and O–H groups in total. The lowest BCUT2D eigenvalue weighted by Gasteiger charge is -2.04. The van der Waals surface area contributed by atoms with E-state index in [-0.39, 0.29) is 0 Å². The van der Waals surface area contributed by atoms with Crippen LogP contribution in [0.25, 0.3) is 0 Å². The van der Waals surface area contributed by atoms with Gasteiger partial charge in [0.15, 0.2) is 5.11 Å². The first-order chi connectivity index (χ1) is 9.77. The third-order valence-electron chi connectivity index (χ3n) is 3.83. The van der Waals surface area contributed by atoms with Gasteiger partial charge in [0.1, 0.15) is 0 Å². The Balaban J connectivity index is 2.94. The predicted octanol–water partition coefficient (Wildman–Crippen LogP) is 5.30. The lowest BCUT2D eigenvalue weighted by Crippen LogP contribution is -2.29. The standard InChI is InChI=1S/C17H36N2S/c1-2-3-4-5-6-7-8-9-10-11-12-13-14-15-16-19-17(18)20/h2-16H2,1H3,(H3,18,19,20). The molecule has 0 saturated heterocycles. The fraction of sp³-hybridized carbons (Fsp3) is 0.941. The molecular formula is C17H36N2S. The minimum atomic E-state index is 0.430. The molecule has 0 bridgehead atoms. The summed E-state index contributed by atoms with van der Waals surface area (Å²) in [6.45, 7) is 3.22. The van der Waals surface area contributed by atoms with Crippen LogP contribution in [0, 0.1) is 0 Å². The fourth-order valence-electron chi connectivity index (χ4n) is 2.53. The van der Waals surface area contributed by atoms with E-state index in [2.05, 4.69) is 12.2 Å². The first-order valence-electron chi connectivity index (χ1n) is 8.80. The van der Waals surface area contributed by atoms with Crippen molar-refractivity contribution in [3.8, 4) is 0 Å². The van der Waals surface area contributed by atoms with Gasteiger partial charge in [0.05, 0.1) is 0 Å². The van der Waals surface area contributed by atoms with Crippen molar-refractivity contribution in [3.63, 3.8) is 0 Å². The Bertz CT molecular complexity index is 207. The van der Waals surface area contributed by atoms with Gasteiger partial charge in [0.25, 0.3) is 0 Å². The van der Waals surface area contributed by atoms with E-state index in [9.17, 15) is 0 Å². The van der Waals surface area contributed by atoms with E-state index >= 15 is 0 Å². The van der Waals surface area contributed by atoms with Crippen LogP contribution in [0.5, 0.6) is 0 Å². The second-order valence-electron chi connectivity index (χ2n) is 5.89. The van der Waals surface area contributed by atoms with Gasteiger partial charge in [-0.05, 0) is 18.6 Å². The molecule has 0 rings (SSSR count). The van der Waals surface area contributed by atoms with Gasteiger partial charge in [-0.15, -0.1) is 0 Å². The minimum Gasteiger partial charge on any atom is -0.376 e. The second kappa shape index (κ2) is 16.7. The zero-order valence-corrected chi connectivity index (χ0v) is 14.4. The van der Waals surface area contributed by atoms with Crippen molar-refractivity contribution in [3.05, 3.63) is 0 Å². The van der Waals surface area contributed by atoms with Gasteiger partial charge in [-0.2, -0.15) is 0 Å². The molecule has 0 aromatic heterocycles. The van der Waals surface area contributed by atoms with Crippen LogP contribution < -0.4 is 11.1 Å². The highest BCUT2D eigenvalue weighted by Crippen LogP contribution is 2.12. The molecule has 0 spiro atoms. The van der Waals surface area contributed by atoms with Crippen molar-refractivity contribution in [1.82, 2.24) is 5.32 Å². The van der Waals surface area contributed by atoms with E-state index in [0.717, 1.165) is 6.54 Å². The Labute approximate surface area is 132 Å². The molecule has 20 heavy (non-hydrogen) atoms. The van der Waals surface area contributed by atoms with E-state index in [1.165, 1.54) is 89.9 Å². The Morgan fingerprint density at radius 3 is 1.40 bits per heavy atom. The summed E-state index contributed by atoms with van der Waals surface area (Å²) in [6, 6.07) is 0. The molecule has 0 aliphatic heterocycles. The average Bonchev–Trinajstić information content (AvgIpc) is 2.43. The summed E-state index contributed by atoms with van der Waals surface area (Å²) in [4.78, 5) is 0. The first kappa shape index (κ1) is 19.7. The molecule has 0 aromatic carbocycles. The number of nitrogens with two attached hydrogens (primary N) is 1. The van der Waals surface area contributed by atoms with Gasteiger partial charge in [-0.3, -0.25) is 0 Å². The largest absolute Gasteiger partial charge is 0.376 e. The maximum Gasteiger partial charge on any atom is 0.163 e. The fourth-order valence-corrected chi connectivity index (χ4v) is 2.63. The molecule has 0 unspecified atom stereocenters. The summed E-state index contributed by atoms with van der Waals surface area (Å²) in [7, 11) is 0. The maximum atomic E-state index is 5.37. The van der Waals surface area contributed by atoms with E-state index < -0.39 is 0 Å². The molecule has 3 heteroatoms. The third-order valence-corrected chi connectivity index (χ3v) is 3.97. The lowest BCUT2D eigenvalue weighted by molar-refractivity contribution is 0.535. The van der Waals surface area contributed by atoms with Crippen LogP contribution in [0.4, 0.5) is 0 Å². The topological polar surface area (TPSA) is 38.0 Å². The molecule has 0 heterocycles. The number of rotatable bonds is 15. The highest BCUT2D eigenvalue weighted by molar-refractivity contribution is 7.80. The summed E-state index contributed by atoms with van der Waals surface area (Å²) >= 11 is 4.76. The van der Waals surface area contributed by atoms with E-state index in [1.807, 2.05) is 0 Å². The van der Waals surface area contributed by atoms with E-state index in [1.54, 1.807) is 0 Å². The van der Waals surface area contributed by atoms with E-state index in [0.29, 0.717) is 5.11 Å². The molecule has 120 valence electrons. The summed E-state index contributed by atoms with van der Waals surface area (Å²) in [5.41, 5.74) is 5.37. The monoisotopic (exact) mass is 300 g/mol. The summed E-state index contributed by atoms with van der Waals surface area (Å²) < 4.78 is 0. The number of nitrogens with one attached hydrogen (secondary N) is 1. The summed E-state index contributed by atoms with van der Waals surface area (Å²) in [6.07, 6.45) is 19.6. The smallest absolute Gasteiger partial charge is 0.163 e. The van der Waals surface area contributed by atoms with E-state index in [4.69, 9.17) is 18.0 Å². The highest BCUT2D eigenvalue weighted by Gasteiger charge is 1.94. The lowest BCUT2D eigenvalue weighted by atomic mass is 10.0. The molecule has 0 aliphatic rings. The van der Waals surface area contributed by atoms with Gasteiger partial charge >= 0.3 is 0 Å². The number of hydrogen-bond acceptors (Lipinski definition) is 1. The van der Waals surface area contributed by atoms with Crippen LogP contribution in [0.1, 0.15) is 96.8 Å². The Hall–Kier alpha value is -0.310. The molecule has 0 fully saturated rings. The van der Waals surface area contributed by atoms with Crippen molar-refractivity contribution in [2.24, 2.45) is 5.73 Å². The van der Waals surface area contributed by atoms with Crippen molar-refractivity contribution >= 4 is 17.3 Å². The van der Waals surface area contributed by atoms with Crippen LogP contribution >= 0.6 is 12.2 Å². The zero-order valence-electron chi connectivity index (χ0n) is 13.6. The molecular weight excluding hydrogens is 264 g/mol. The van der Waals surface area contributed by atoms with Crippen LogP contribution in [0.15, 0.2) is 0 Å². The van der Waals surface area contributed by atoms with Gasteiger partial charge < -0.3 is 11.1 Å². The Morgan fingerprint density at radius 2 is 1.05 bits per heavy atom. The minimum absolute atomic E-state index is 0.430. The van der Waals surface area contributed by atoms with Crippen molar-refractivity contribution in [2.45, 2.75) is 96.8 Å². The Kier molecular flexibility index (Phi) is 16.5. The molecule has 0 saturated carbocycles. The second-order valence-corrected chi connectivity index (χ2v) is 6.33. The normalized spacial score (nSPS) is 10.7. The number of hydrogen-bond donors (Lipinski definition) is 2. The molecule has 0 aliphatic carbocycles. The molecule has 2 nitrogen and oxygen atoms in total. The SMILES string of the molecule is CCCCCCCCCCCCCCCCNC(N)=S. The Morgan fingerprint density at radius 1 is 0.700 bits per heavy atom. The highest BCUT2D eigenvalue weighted by atomic mass is 32.1. The van der Waals surface area contributed by atoms with Gasteiger partial charge in [-0.25, -0.2) is 0 Å². The van der Waals surface area contributed by atoms with Gasteiger partial charge in [0.2, 0.25) is 0 Å². The first-order valence-corrected chi connectivity index (χ1v) is 9.21. The summed E-state index contributed by atoms with van der Waals surface area (Å²) in [5.74, 6) is 0. The van der Waals surface area contributed by atoms with Crippen LogP contribution in [-0.2, 0) is 0 Å². The number of thiocarbonyl (C=S) groups is 1. The van der Waals surface area contributed by atoms with Crippen LogP contribution in [-0.4, -0.2) is 11.7 Å². The third kappa shape index (κ3) is 17.7. The van der Waals surface area contributed by atoms with Crippen LogP contribution in [0.2, 0.25) is 0 Å². The van der Waals surface area contributed by atoms with Crippen molar-refractivity contribution in [1.29, 1.82) is 0 Å². The quantitative estimate of drug-likeness (QED) is 0.318. The molecule has 0 aromatic rings. The molecule has 0 atom stereocenters. The summed E-state index contributed by atoms with van der Waals surface area (Å²) in [5, 5.41) is 3.43. The van der Waals surface area contributed by atoms with Crippen LogP contribution in [0.3, 0.4) is 0 Å². The van der Waals surface area contributed by atoms with Gasteiger partial charge in [0, 0.05) is 6.54 Å². The van der Waals surface area contributed by atoms with Gasteiger partial charge in [-0.1, -0.05) is 90.4 Å². The van der Waals surface area contributed by atoms with Crippen molar-refractivity contribution in [2.75, 3.05) is 6.54 Å². The number of unbranched alkanes of at least 4 members (excludes halogenated alkanes) is 13. The molecule has 0 amide bonds. The predicted molar refractivity (Wildman–Crippen MR) is 95.1 cm³/mol. The average molecular weight is 301 g/mol. The maximum absolute atomic E-state index is 5.37. The zero-order chi connectivity index (χ0) is 14.9.